The molecule has 1 aliphatic heterocycles. The number of aromatic amines is 1. The Labute approximate surface area is 152 Å². The zero-order valence-corrected chi connectivity index (χ0v) is 14.9. The molecule has 1 N–H and O–H groups in total. The van der Waals surface area contributed by atoms with Crippen LogP contribution in [0.2, 0.25) is 0 Å². The number of aryl methyl sites for hydroxylation is 1. The number of amides is 1. The van der Waals surface area contributed by atoms with Crippen molar-refractivity contribution in [3.8, 4) is 0 Å². The number of hydrogen-bond acceptors (Lipinski definition) is 3. The molecule has 0 saturated carbocycles. The summed E-state index contributed by atoms with van der Waals surface area (Å²) in [5.41, 5.74) is 2.88. The van der Waals surface area contributed by atoms with Crippen LogP contribution in [-0.2, 0) is 6.54 Å². The number of aromatic nitrogens is 4. The van der Waals surface area contributed by atoms with Crippen molar-refractivity contribution in [1.82, 2.24) is 24.4 Å². The van der Waals surface area contributed by atoms with Crippen LogP contribution in [0.25, 0.3) is 0 Å². The van der Waals surface area contributed by atoms with E-state index in [-0.39, 0.29) is 5.91 Å². The summed E-state index contributed by atoms with van der Waals surface area (Å²) in [5, 5.41) is 0. The normalized spacial score (nSPS) is 15.3. The van der Waals surface area contributed by atoms with Gasteiger partial charge in [-0.3, -0.25) is 9.78 Å². The lowest BCUT2D eigenvalue weighted by molar-refractivity contribution is 0.0710. The number of pyridine rings is 1. The molecule has 134 valence electrons. The zero-order chi connectivity index (χ0) is 17.9. The number of nitrogens with zero attached hydrogens (tertiary/aromatic N) is 4. The highest BCUT2D eigenvalue weighted by atomic mass is 16.2. The SMILES string of the molecule is Cc1[nH]ccc1C(=O)N1CCC(c2nccn2Cc2cccnc2)CC1. The first-order valence-electron chi connectivity index (χ1n) is 9.05. The third-order valence-electron chi connectivity index (χ3n) is 5.15. The number of H-pyrrole nitrogens is 1. The van der Waals surface area contributed by atoms with Gasteiger partial charge in [0.1, 0.15) is 5.82 Å². The summed E-state index contributed by atoms with van der Waals surface area (Å²) in [7, 11) is 0. The number of imidazole rings is 1. The number of nitrogens with one attached hydrogen (secondary N) is 1. The smallest absolute Gasteiger partial charge is 0.255 e. The second-order valence-corrected chi connectivity index (χ2v) is 6.86. The molecule has 6 heteroatoms. The molecule has 0 atom stereocenters. The van der Waals surface area contributed by atoms with E-state index in [4.69, 9.17) is 0 Å². The van der Waals surface area contributed by atoms with Crippen LogP contribution in [0.4, 0.5) is 0 Å². The molecule has 4 heterocycles. The highest BCUT2D eigenvalue weighted by molar-refractivity contribution is 5.95. The van der Waals surface area contributed by atoms with E-state index in [1.165, 1.54) is 5.56 Å². The van der Waals surface area contributed by atoms with E-state index in [0.29, 0.717) is 5.92 Å². The van der Waals surface area contributed by atoms with Gasteiger partial charge < -0.3 is 14.5 Å². The van der Waals surface area contributed by atoms with Gasteiger partial charge >= 0.3 is 0 Å². The van der Waals surface area contributed by atoms with Crippen molar-refractivity contribution in [2.24, 2.45) is 0 Å². The molecule has 3 aromatic heterocycles. The quantitative estimate of drug-likeness (QED) is 0.787. The lowest BCUT2D eigenvalue weighted by Gasteiger charge is -2.32. The van der Waals surface area contributed by atoms with Crippen LogP contribution >= 0.6 is 0 Å². The number of carbonyl (C=O) groups is 1. The zero-order valence-electron chi connectivity index (χ0n) is 14.9. The Morgan fingerprint density at radius 3 is 2.81 bits per heavy atom. The third-order valence-corrected chi connectivity index (χ3v) is 5.15. The Bertz CT molecular complexity index is 875. The fourth-order valence-electron chi connectivity index (χ4n) is 3.70. The van der Waals surface area contributed by atoms with Gasteiger partial charge in [-0.1, -0.05) is 6.07 Å². The van der Waals surface area contributed by atoms with Crippen LogP contribution in [0, 0.1) is 6.92 Å². The van der Waals surface area contributed by atoms with E-state index in [1.807, 2.05) is 48.7 Å². The second kappa shape index (κ2) is 7.15. The Kier molecular flexibility index (Phi) is 4.56. The van der Waals surface area contributed by atoms with Crippen molar-refractivity contribution in [2.75, 3.05) is 13.1 Å². The van der Waals surface area contributed by atoms with Crippen molar-refractivity contribution in [3.05, 3.63) is 71.8 Å². The van der Waals surface area contributed by atoms with Gasteiger partial charge in [0.05, 0.1) is 12.1 Å². The van der Waals surface area contributed by atoms with Crippen molar-refractivity contribution in [1.29, 1.82) is 0 Å². The number of piperidine rings is 1. The summed E-state index contributed by atoms with van der Waals surface area (Å²) < 4.78 is 2.20. The molecule has 0 aliphatic carbocycles. The summed E-state index contributed by atoms with van der Waals surface area (Å²) in [5.74, 6) is 1.62. The Morgan fingerprint density at radius 2 is 2.12 bits per heavy atom. The minimum absolute atomic E-state index is 0.126. The second-order valence-electron chi connectivity index (χ2n) is 6.86. The minimum atomic E-state index is 0.126. The van der Waals surface area contributed by atoms with Gasteiger partial charge in [-0.05, 0) is 37.5 Å². The number of carbonyl (C=O) groups excluding carboxylic acids is 1. The van der Waals surface area contributed by atoms with Gasteiger partial charge in [-0.25, -0.2) is 4.98 Å². The summed E-state index contributed by atoms with van der Waals surface area (Å²) in [6, 6.07) is 5.90. The number of hydrogen-bond donors (Lipinski definition) is 1. The van der Waals surface area contributed by atoms with Crippen LogP contribution in [0.3, 0.4) is 0 Å². The molecular weight excluding hydrogens is 326 g/mol. The summed E-state index contributed by atoms with van der Waals surface area (Å²) in [6.07, 6.45) is 11.3. The van der Waals surface area contributed by atoms with Gasteiger partial charge in [-0.15, -0.1) is 0 Å². The summed E-state index contributed by atoms with van der Waals surface area (Å²) in [6.45, 7) is 4.27. The Morgan fingerprint density at radius 1 is 1.27 bits per heavy atom. The van der Waals surface area contributed by atoms with Gasteiger partial charge in [-0.2, -0.15) is 0 Å². The van der Waals surface area contributed by atoms with Crippen LogP contribution < -0.4 is 0 Å². The van der Waals surface area contributed by atoms with Gasteiger partial charge in [0.2, 0.25) is 0 Å². The molecule has 0 bridgehead atoms. The Hall–Kier alpha value is -2.89. The molecule has 1 amide bonds. The lowest BCUT2D eigenvalue weighted by atomic mass is 9.95. The van der Waals surface area contributed by atoms with E-state index in [1.54, 1.807) is 6.20 Å². The Balaban J connectivity index is 1.42. The van der Waals surface area contributed by atoms with E-state index in [9.17, 15) is 4.79 Å². The van der Waals surface area contributed by atoms with Crippen molar-refractivity contribution in [3.63, 3.8) is 0 Å². The summed E-state index contributed by atoms with van der Waals surface area (Å²) in [4.78, 5) is 26.5. The molecule has 0 spiro atoms. The van der Waals surface area contributed by atoms with E-state index < -0.39 is 0 Å². The van der Waals surface area contributed by atoms with Crippen molar-refractivity contribution >= 4 is 5.91 Å². The average molecular weight is 349 g/mol. The fraction of sp³-hybridized carbons (Fsp3) is 0.350. The van der Waals surface area contributed by atoms with E-state index >= 15 is 0 Å². The van der Waals surface area contributed by atoms with Crippen LogP contribution in [0.5, 0.6) is 0 Å². The number of rotatable bonds is 4. The maximum absolute atomic E-state index is 12.7. The predicted molar refractivity (Wildman–Crippen MR) is 99.0 cm³/mol. The van der Waals surface area contributed by atoms with E-state index in [0.717, 1.165) is 49.6 Å². The molecule has 0 aromatic carbocycles. The molecule has 6 nitrogen and oxygen atoms in total. The lowest BCUT2D eigenvalue weighted by Crippen LogP contribution is -2.38. The topological polar surface area (TPSA) is 66.8 Å². The van der Waals surface area contributed by atoms with E-state index in [2.05, 4.69) is 25.6 Å². The number of likely N-dealkylation sites (tertiary alicyclic amines) is 1. The van der Waals surface area contributed by atoms with Crippen molar-refractivity contribution < 1.29 is 4.79 Å². The van der Waals surface area contributed by atoms with Gasteiger partial charge in [0.15, 0.2) is 0 Å². The van der Waals surface area contributed by atoms with Crippen LogP contribution in [0.15, 0.2) is 49.2 Å². The molecule has 0 unspecified atom stereocenters. The molecule has 3 aromatic rings. The van der Waals surface area contributed by atoms with Crippen LogP contribution in [0.1, 0.15) is 46.2 Å². The molecule has 4 rings (SSSR count). The first kappa shape index (κ1) is 16.6. The highest BCUT2D eigenvalue weighted by Crippen LogP contribution is 2.28. The third kappa shape index (κ3) is 3.27. The van der Waals surface area contributed by atoms with Gasteiger partial charge in [0.25, 0.3) is 5.91 Å². The summed E-state index contributed by atoms with van der Waals surface area (Å²) >= 11 is 0. The molecule has 1 aliphatic rings. The maximum atomic E-state index is 12.7. The monoisotopic (exact) mass is 349 g/mol. The molecule has 1 fully saturated rings. The molecule has 0 radical (unpaired) electrons. The largest absolute Gasteiger partial charge is 0.365 e. The fourth-order valence-corrected chi connectivity index (χ4v) is 3.70. The first-order chi connectivity index (χ1) is 12.7. The van der Waals surface area contributed by atoms with Crippen molar-refractivity contribution in [2.45, 2.75) is 32.2 Å². The average Bonchev–Trinajstić information content (AvgIpc) is 3.31. The van der Waals surface area contributed by atoms with Gasteiger partial charge in [0, 0.05) is 55.7 Å². The van der Waals surface area contributed by atoms with Crippen LogP contribution in [-0.4, -0.2) is 43.4 Å². The minimum Gasteiger partial charge on any atom is -0.365 e. The molecular formula is C20H23N5O. The highest BCUT2D eigenvalue weighted by Gasteiger charge is 2.27. The predicted octanol–water partition coefficient (Wildman–Crippen LogP) is 2.98. The first-order valence-corrected chi connectivity index (χ1v) is 9.05. The molecule has 1 saturated heterocycles. The standard InChI is InChI=1S/C20H23N5O/c1-15-18(4-8-22-15)20(26)24-10-5-17(6-11-24)19-23-9-12-25(19)14-16-3-2-7-21-13-16/h2-4,7-9,12-13,17,22H,5-6,10-11,14H2,1H3. The molecule has 26 heavy (non-hydrogen) atoms. The maximum Gasteiger partial charge on any atom is 0.255 e.